The van der Waals surface area contributed by atoms with Gasteiger partial charge in [-0.25, -0.2) is 4.79 Å². The summed E-state index contributed by atoms with van der Waals surface area (Å²) in [7, 11) is 0. The van der Waals surface area contributed by atoms with Crippen LogP contribution in [-0.4, -0.2) is 17.7 Å². The van der Waals surface area contributed by atoms with Gasteiger partial charge in [0.15, 0.2) is 0 Å². The molecule has 0 spiro atoms. The van der Waals surface area contributed by atoms with Crippen molar-refractivity contribution in [3.8, 4) is 5.75 Å². The molecule has 4 nitrogen and oxygen atoms in total. The predicted octanol–water partition coefficient (Wildman–Crippen LogP) is 3.65. The lowest BCUT2D eigenvalue weighted by Gasteiger charge is -2.38. The summed E-state index contributed by atoms with van der Waals surface area (Å²) in [5, 5.41) is 6.48. The number of hydrogen-bond donors (Lipinski definition) is 2. The maximum atomic E-state index is 11.9. The highest BCUT2D eigenvalue weighted by molar-refractivity contribution is 6.30. The standard InChI is InChI=1S/C15H21ClN2O2/c1-9(2)17-14(19)18-12-8-15(3,4)20-13-6-5-10(16)7-11(12)13/h5-7,9,12H,8H2,1-4H3,(H2,17,18,19). The fraction of sp³-hybridized carbons (Fsp3) is 0.533. The number of nitrogens with one attached hydrogen (secondary N) is 2. The SMILES string of the molecule is CC(C)NC(=O)NC1CC(C)(C)Oc2ccc(Cl)cc21. The van der Waals surface area contributed by atoms with Crippen molar-refractivity contribution in [2.45, 2.75) is 51.8 Å². The molecule has 0 radical (unpaired) electrons. The van der Waals surface area contributed by atoms with Crippen LogP contribution in [0.3, 0.4) is 0 Å². The normalized spacial score (nSPS) is 20.0. The van der Waals surface area contributed by atoms with E-state index in [4.69, 9.17) is 16.3 Å². The number of rotatable bonds is 2. The molecule has 1 aliphatic rings. The molecule has 1 atom stereocenters. The van der Waals surface area contributed by atoms with Gasteiger partial charge in [0.2, 0.25) is 0 Å². The van der Waals surface area contributed by atoms with E-state index in [1.807, 2.05) is 39.8 Å². The van der Waals surface area contributed by atoms with E-state index in [-0.39, 0.29) is 23.7 Å². The molecule has 0 fully saturated rings. The monoisotopic (exact) mass is 296 g/mol. The van der Waals surface area contributed by atoms with Crippen molar-refractivity contribution in [2.75, 3.05) is 0 Å². The predicted molar refractivity (Wildman–Crippen MR) is 80.3 cm³/mol. The Morgan fingerprint density at radius 3 is 2.80 bits per heavy atom. The Morgan fingerprint density at radius 1 is 1.45 bits per heavy atom. The van der Waals surface area contributed by atoms with Gasteiger partial charge in [0.05, 0.1) is 6.04 Å². The zero-order valence-corrected chi connectivity index (χ0v) is 13.0. The van der Waals surface area contributed by atoms with Crippen LogP contribution in [0.5, 0.6) is 5.75 Å². The minimum absolute atomic E-state index is 0.0988. The van der Waals surface area contributed by atoms with E-state index in [1.165, 1.54) is 0 Å². The van der Waals surface area contributed by atoms with Crippen LogP contribution in [-0.2, 0) is 0 Å². The van der Waals surface area contributed by atoms with Crippen LogP contribution in [0.2, 0.25) is 5.02 Å². The average molecular weight is 297 g/mol. The van der Waals surface area contributed by atoms with Crippen LogP contribution in [0.1, 0.15) is 45.7 Å². The molecule has 1 aromatic carbocycles. The summed E-state index contributed by atoms with van der Waals surface area (Å²) < 4.78 is 5.94. The van der Waals surface area contributed by atoms with E-state index in [1.54, 1.807) is 6.07 Å². The molecule has 0 saturated heterocycles. The van der Waals surface area contributed by atoms with Gasteiger partial charge < -0.3 is 15.4 Å². The van der Waals surface area contributed by atoms with Crippen LogP contribution in [0, 0.1) is 0 Å². The van der Waals surface area contributed by atoms with Crippen LogP contribution < -0.4 is 15.4 Å². The molecule has 2 rings (SSSR count). The molecule has 1 unspecified atom stereocenters. The van der Waals surface area contributed by atoms with Crippen molar-refractivity contribution < 1.29 is 9.53 Å². The molecule has 0 saturated carbocycles. The topological polar surface area (TPSA) is 50.4 Å². The van der Waals surface area contributed by atoms with E-state index in [9.17, 15) is 4.79 Å². The number of benzene rings is 1. The number of amides is 2. The molecule has 2 N–H and O–H groups in total. The molecule has 110 valence electrons. The number of carbonyl (C=O) groups excluding carboxylic acids is 1. The van der Waals surface area contributed by atoms with Crippen molar-refractivity contribution >= 4 is 17.6 Å². The summed E-state index contributed by atoms with van der Waals surface area (Å²) in [4.78, 5) is 11.9. The third-order valence-electron chi connectivity index (χ3n) is 3.15. The van der Waals surface area contributed by atoms with Crippen LogP contribution >= 0.6 is 11.6 Å². The van der Waals surface area contributed by atoms with Crippen molar-refractivity contribution in [3.05, 3.63) is 28.8 Å². The van der Waals surface area contributed by atoms with Crippen LogP contribution in [0.4, 0.5) is 4.79 Å². The number of fused-ring (bicyclic) bond motifs is 1. The largest absolute Gasteiger partial charge is 0.487 e. The second-order valence-electron chi connectivity index (χ2n) is 6.07. The van der Waals surface area contributed by atoms with Gasteiger partial charge in [-0.1, -0.05) is 11.6 Å². The van der Waals surface area contributed by atoms with E-state index in [2.05, 4.69) is 10.6 Å². The summed E-state index contributed by atoms with van der Waals surface area (Å²) in [6.45, 7) is 7.88. The number of ether oxygens (including phenoxy) is 1. The van der Waals surface area contributed by atoms with Crippen molar-refractivity contribution in [3.63, 3.8) is 0 Å². The Hall–Kier alpha value is -1.42. The van der Waals surface area contributed by atoms with Gasteiger partial charge in [0.25, 0.3) is 0 Å². The number of carbonyl (C=O) groups is 1. The van der Waals surface area contributed by atoms with Crippen LogP contribution in [0.25, 0.3) is 0 Å². The zero-order chi connectivity index (χ0) is 14.9. The van der Waals surface area contributed by atoms with Crippen molar-refractivity contribution in [1.29, 1.82) is 0 Å². The van der Waals surface area contributed by atoms with Gasteiger partial charge in [-0.05, 0) is 45.9 Å². The second kappa shape index (κ2) is 5.52. The molecule has 0 aliphatic carbocycles. The third kappa shape index (κ3) is 3.57. The smallest absolute Gasteiger partial charge is 0.315 e. The molecule has 0 bridgehead atoms. The highest BCUT2D eigenvalue weighted by Crippen LogP contribution is 2.40. The van der Waals surface area contributed by atoms with Gasteiger partial charge in [-0.2, -0.15) is 0 Å². The Morgan fingerprint density at radius 2 is 2.15 bits per heavy atom. The Bertz CT molecular complexity index is 515. The highest BCUT2D eigenvalue weighted by Gasteiger charge is 2.34. The molecule has 1 aliphatic heterocycles. The van der Waals surface area contributed by atoms with Crippen LogP contribution in [0.15, 0.2) is 18.2 Å². The van der Waals surface area contributed by atoms with Gasteiger partial charge in [0, 0.05) is 23.0 Å². The minimum atomic E-state index is -0.323. The Balaban J connectivity index is 2.24. The van der Waals surface area contributed by atoms with E-state index < -0.39 is 0 Å². The lowest BCUT2D eigenvalue weighted by Crippen LogP contribution is -2.46. The van der Waals surface area contributed by atoms with Gasteiger partial charge in [-0.15, -0.1) is 0 Å². The molecule has 5 heteroatoms. The first kappa shape index (κ1) is 15.0. The molecule has 0 aromatic heterocycles. The lowest BCUT2D eigenvalue weighted by molar-refractivity contribution is 0.0678. The van der Waals surface area contributed by atoms with Crippen molar-refractivity contribution in [1.82, 2.24) is 10.6 Å². The van der Waals surface area contributed by atoms with Gasteiger partial charge in [-0.3, -0.25) is 0 Å². The lowest BCUT2D eigenvalue weighted by atomic mass is 9.90. The fourth-order valence-electron chi connectivity index (χ4n) is 2.42. The number of halogens is 1. The maximum absolute atomic E-state index is 11.9. The molecule has 20 heavy (non-hydrogen) atoms. The van der Waals surface area contributed by atoms with Crippen molar-refractivity contribution in [2.24, 2.45) is 0 Å². The fourth-order valence-corrected chi connectivity index (χ4v) is 2.60. The molecule has 2 amide bonds. The third-order valence-corrected chi connectivity index (χ3v) is 3.39. The summed E-state index contributed by atoms with van der Waals surface area (Å²) >= 11 is 6.05. The molecule has 1 heterocycles. The Labute approximate surface area is 124 Å². The summed E-state index contributed by atoms with van der Waals surface area (Å²) in [6.07, 6.45) is 0.700. The Kier molecular flexibility index (Phi) is 4.14. The van der Waals surface area contributed by atoms with Gasteiger partial charge >= 0.3 is 6.03 Å². The second-order valence-corrected chi connectivity index (χ2v) is 6.51. The number of urea groups is 1. The first-order chi connectivity index (χ1) is 9.27. The minimum Gasteiger partial charge on any atom is -0.487 e. The molecular formula is C15H21ClN2O2. The summed E-state index contributed by atoms with van der Waals surface area (Å²) in [6, 6.07) is 5.33. The first-order valence-corrected chi connectivity index (χ1v) is 7.20. The van der Waals surface area contributed by atoms with Gasteiger partial charge in [0.1, 0.15) is 11.4 Å². The first-order valence-electron chi connectivity index (χ1n) is 6.82. The summed E-state index contributed by atoms with van der Waals surface area (Å²) in [5.74, 6) is 0.778. The maximum Gasteiger partial charge on any atom is 0.315 e. The van der Waals surface area contributed by atoms with E-state index in [0.717, 1.165) is 11.3 Å². The quantitative estimate of drug-likeness (QED) is 0.875. The summed E-state index contributed by atoms with van der Waals surface area (Å²) in [5.41, 5.74) is 0.604. The average Bonchev–Trinajstić information content (AvgIpc) is 2.28. The number of hydrogen-bond acceptors (Lipinski definition) is 2. The highest BCUT2D eigenvalue weighted by atomic mass is 35.5. The molecular weight excluding hydrogens is 276 g/mol. The van der Waals surface area contributed by atoms with E-state index >= 15 is 0 Å². The zero-order valence-electron chi connectivity index (χ0n) is 12.3. The molecule has 1 aromatic rings. The van der Waals surface area contributed by atoms with E-state index in [0.29, 0.717) is 11.4 Å².